The Kier molecular flexibility index (Phi) is 7.12. The van der Waals surface area contributed by atoms with Crippen LogP contribution in [0.4, 0.5) is 5.69 Å². The number of carbonyl (C=O) groups excluding carboxylic acids is 2. The van der Waals surface area contributed by atoms with Gasteiger partial charge in [0.15, 0.2) is 6.61 Å². The molecule has 1 N–H and O–H groups in total. The third kappa shape index (κ3) is 5.32. The van der Waals surface area contributed by atoms with E-state index in [0.29, 0.717) is 13.1 Å². The number of nitrogens with zero attached hydrogens (tertiary/aromatic N) is 1. The summed E-state index contributed by atoms with van der Waals surface area (Å²) in [4.78, 5) is 24.8. The molecule has 166 valence electrons. The highest BCUT2D eigenvalue weighted by Crippen LogP contribution is 2.27. The first-order valence-electron chi connectivity index (χ1n) is 10.4. The number of amides is 1. The second-order valence-corrected chi connectivity index (χ2v) is 9.89. The van der Waals surface area contributed by atoms with E-state index in [2.05, 4.69) is 5.32 Å². The fourth-order valence-corrected chi connectivity index (χ4v) is 5.09. The maximum Gasteiger partial charge on any atom is 0.338 e. The van der Waals surface area contributed by atoms with E-state index in [9.17, 15) is 18.0 Å². The standard InChI is InChI=1S/C23H28N2O5S/c1-16(2)20-8-6-7-17(3)22(20)24-21(26)15-30-23(27)18-9-11-19(12-10-18)31(28,29)25-13-4-5-14-25/h6-12,16H,4-5,13-15H2,1-3H3,(H,24,26). The van der Waals surface area contributed by atoms with Crippen molar-refractivity contribution in [3.05, 3.63) is 59.2 Å². The summed E-state index contributed by atoms with van der Waals surface area (Å²) in [7, 11) is -3.54. The molecule has 1 aliphatic heterocycles. The number of esters is 1. The first kappa shape index (κ1) is 23.0. The Hall–Kier alpha value is -2.71. The van der Waals surface area contributed by atoms with Gasteiger partial charge in [-0.15, -0.1) is 0 Å². The smallest absolute Gasteiger partial charge is 0.338 e. The van der Waals surface area contributed by atoms with E-state index < -0.39 is 28.5 Å². The van der Waals surface area contributed by atoms with E-state index in [1.165, 1.54) is 28.6 Å². The number of nitrogens with one attached hydrogen (secondary N) is 1. The number of para-hydroxylation sites is 1. The Bertz CT molecular complexity index is 1060. The number of rotatable bonds is 7. The molecule has 0 saturated carbocycles. The molecule has 2 aromatic rings. The highest BCUT2D eigenvalue weighted by Gasteiger charge is 2.27. The van der Waals surface area contributed by atoms with Gasteiger partial charge in [-0.2, -0.15) is 4.31 Å². The third-order valence-electron chi connectivity index (χ3n) is 5.32. The van der Waals surface area contributed by atoms with Crippen molar-refractivity contribution < 1.29 is 22.7 Å². The fourth-order valence-electron chi connectivity index (χ4n) is 3.57. The number of carbonyl (C=O) groups is 2. The van der Waals surface area contributed by atoms with E-state index in [-0.39, 0.29) is 16.4 Å². The molecule has 31 heavy (non-hydrogen) atoms. The van der Waals surface area contributed by atoms with E-state index in [0.717, 1.165) is 29.7 Å². The van der Waals surface area contributed by atoms with Crippen molar-refractivity contribution in [1.82, 2.24) is 4.31 Å². The average molecular weight is 445 g/mol. The van der Waals surface area contributed by atoms with Gasteiger partial charge in [0.1, 0.15) is 0 Å². The molecule has 8 heteroatoms. The summed E-state index contributed by atoms with van der Waals surface area (Å²) < 4.78 is 31.7. The monoisotopic (exact) mass is 444 g/mol. The summed E-state index contributed by atoms with van der Waals surface area (Å²) in [5.74, 6) is -0.889. The lowest BCUT2D eigenvalue weighted by molar-refractivity contribution is -0.119. The second kappa shape index (κ2) is 9.62. The van der Waals surface area contributed by atoms with Crippen LogP contribution in [-0.2, 0) is 19.6 Å². The Labute approximate surface area is 183 Å². The molecule has 1 amide bonds. The minimum absolute atomic E-state index is 0.143. The van der Waals surface area contributed by atoms with Crippen molar-refractivity contribution in [2.45, 2.75) is 44.4 Å². The van der Waals surface area contributed by atoms with Crippen LogP contribution in [0.2, 0.25) is 0 Å². The van der Waals surface area contributed by atoms with Gasteiger partial charge in [-0.25, -0.2) is 13.2 Å². The zero-order valence-corrected chi connectivity index (χ0v) is 18.9. The maximum absolute atomic E-state index is 12.6. The predicted molar refractivity (Wildman–Crippen MR) is 119 cm³/mol. The van der Waals surface area contributed by atoms with E-state index in [1.54, 1.807) is 0 Å². The van der Waals surface area contributed by atoms with Crippen LogP contribution in [0, 0.1) is 6.92 Å². The van der Waals surface area contributed by atoms with Gasteiger partial charge in [-0.1, -0.05) is 32.0 Å². The summed E-state index contributed by atoms with van der Waals surface area (Å²) >= 11 is 0. The number of aryl methyl sites for hydroxylation is 1. The zero-order chi connectivity index (χ0) is 22.6. The van der Waals surface area contributed by atoms with Crippen molar-refractivity contribution in [3.63, 3.8) is 0 Å². The molecule has 0 bridgehead atoms. The molecule has 3 rings (SSSR count). The molecule has 0 unspecified atom stereocenters. The summed E-state index contributed by atoms with van der Waals surface area (Å²) in [6, 6.07) is 11.4. The normalized spacial score (nSPS) is 14.6. The van der Waals surface area contributed by atoms with Gasteiger partial charge in [-0.3, -0.25) is 4.79 Å². The Morgan fingerprint density at radius 3 is 2.32 bits per heavy atom. The molecular formula is C23H28N2O5S. The number of benzene rings is 2. The van der Waals surface area contributed by atoms with Gasteiger partial charge in [0, 0.05) is 18.8 Å². The van der Waals surface area contributed by atoms with Crippen LogP contribution in [0.1, 0.15) is 54.1 Å². The van der Waals surface area contributed by atoms with Gasteiger partial charge < -0.3 is 10.1 Å². The molecule has 1 fully saturated rings. The summed E-state index contributed by atoms with van der Waals surface area (Å²) in [6.45, 7) is 6.58. The number of sulfonamides is 1. The zero-order valence-electron chi connectivity index (χ0n) is 18.1. The van der Waals surface area contributed by atoms with Crippen molar-refractivity contribution >= 4 is 27.6 Å². The molecule has 0 atom stereocenters. The predicted octanol–water partition coefficient (Wildman–Crippen LogP) is 3.70. The van der Waals surface area contributed by atoms with Crippen LogP contribution in [0.25, 0.3) is 0 Å². The number of ether oxygens (including phenoxy) is 1. The molecule has 0 aromatic heterocycles. The molecule has 1 heterocycles. The van der Waals surface area contributed by atoms with E-state index in [4.69, 9.17) is 4.74 Å². The van der Waals surface area contributed by atoms with Crippen molar-refractivity contribution in [1.29, 1.82) is 0 Å². The minimum atomic E-state index is -3.54. The van der Waals surface area contributed by atoms with Crippen molar-refractivity contribution in [2.24, 2.45) is 0 Å². The molecule has 2 aromatic carbocycles. The van der Waals surface area contributed by atoms with Gasteiger partial charge >= 0.3 is 5.97 Å². The van der Waals surface area contributed by atoms with Crippen LogP contribution in [-0.4, -0.2) is 44.3 Å². The highest BCUT2D eigenvalue weighted by atomic mass is 32.2. The maximum atomic E-state index is 12.6. The molecule has 0 spiro atoms. The minimum Gasteiger partial charge on any atom is -0.452 e. The summed E-state index contributed by atoms with van der Waals surface area (Å²) in [5.41, 5.74) is 2.86. The van der Waals surface area contributed by atoms with Crippen LogP contribution in [0.3, 0.4) is 0 Å². The molecule has 0 radical (unpaired) electrons. The van der Waals surface area contributed by atoms with Gasteiger partial charge in [0.25, 0.3) is 5.91 Å². The summed E-state index contributed by atoms with van der Waals surface area (Å²) in [6.07, 6.45) is 1.71. The van der Waals surface area contributed by atoms with Crippen LogP contribution >= 0.6 is 0 Å². The van der Waals surface area contributed by atoms with Crippen molar-refractivity contribution in [2.75, 3.05) is 25.0 Å². The van der Waals surface area contributed by atoms with Crippen LogP contribution in [0.5, 0.6) is 0 Å². The number of hydrogen-bond acceptors (Lipinski definition) is 5. The molecular weight excluding hydrogens is 416 g/mol. The Morgan fingerprint density at radius 2 is 1.71 bits per heavy atom. The SMILES string of the molecule is Cc1cccc(C(C)C)c1NC(=O)COC(=O)c1ccc(S(=O)(=O)N2CCCC2)cc1. The first-order valence-corrected chi connectivity index (χ1v) is 11.8. The van der Waals surface area contributed by atoms with Crippen LogP contribution < -0.4 is 5.32 Å². The number of hydrogen-bond donors (Lipinski definition) is 1. The molecule has 1 saturated heterocycles. The van der Waals surface area contributed by atoms with Gasteiger partial charge in [-0.05, 0) is 61.1 Å². The van der Waals surface area contributed by atoms with Crippen LogP contribution in [0.15, 0.2) is 47.4 Å². The van der Waals surface area contributed by atoms with Gasteiger partial charge in [0.05, 0.1) is 10.5 Å². The van der Waals surface area contributed by atoms with E-state index >= 15 is 0 Å². The lowest BCUT2D eigenvalue weighted by Gasteiger charge is -2.16. The quantitative estimate of drug-likeness (QED) is 0.658. The topological polar surface area (TPSA) is 92.8 Å². The molecule has 0 aliphatic carbocycles. The lowest BCUT2D eigenvalue weighted by Crippen LogP contribution is -2.27. The Balaban J connectivity index is 1.61. The number of anilines is 1. The molecule has 1 aliphatic rings. The lowest BCUT2D eigenvalue weighted by atomic mass is 9.98. The second-order valence-electron chi connectivity index (χ2n) is 7.95. The highest BCUT2D eigenvalue weighted by molar-refractivity contribution is 7.89. The Morgan fingerprint density at radius 1 is 1.06 bits per heavy atom. The fraction of sp³-hybridized carbons (Fsp3) is 0.391. The largest absolute Gasteiger partial charge is 0.452 e. The third-order valence-corrected chi connectivity index (χ3v) is 7.23. The summed E-state index contributed by atoms with van der Waals surface area (Å²) in [5, 5.41) is 2.83. The van der Waals surface area contributed by atoms with Crippen molar-refractivity contribution in [3.8, 4) is 0 Å². The molecule has 7 nitrogen and oxygen atoms in total. The average Bonchev–Trinajstić information content (AvgIpc) is 3.29. The first-order chi connectivity index (χ1) is 14.7. The van der Waals surface area contributed by atoms with Gasteiger partial charge in [0.2, 0.25) is 10.0 Å². The van der Waals surface area contributed by atoms with E-state index in [1.807, 2.05) is 39.0 Å².